The zero-order chi connectivity index (χ0) is 28.4. The first kappa shape index (κ1) is 27.5. The van der Waals surface area contributed by atoms with Crippen molar-refractivity contribution in [1.82, 2.24) is 14.8 Å². The highest BCUT2D eigenvalue weighted by molar-refractivity contribution is 9.10. The van der Waals surface area contributed by atoms with Crippen LogP contribution >= 0.6 is 15.9 Å². The molecule has 0 fully saturated rings. The summed E-state index contributed by atoms with van der Waals surface area (Å²) in [5.74, 6) is 1.50. The molecule has 2 heterocycles. The summed E-state index contributed by atoms with van der Waals surface area (Å²) in [6.07, 6.45) is 1.48. The number of allylic oxidation sites excluding steroid dienone is 1. The zero-order valence-corrected chi connectivity index (χ0v) is 24.8. The first-order valence-electron chi connectivity index (χ1n) is 13.2. The fourth-order valence-corrected chi connectivity index (χ4v) is 5.40. The molecule has 0 radical (unpaired) electrons. The molecular weight excluding hydrogens is 570 g/mol. The molecule has 206 valence electrons. The SMILES string of the molecule is CCOc1cc(C2C(C(=O)Nc3ccc(C)cc3C)=C(C)Nc3ncnn32)cc(Br)c1OCc1ccc(C)cc1. The highest BCUT2D eigenvalue weighted by atomic mass is 79.9. The number of nitrogens with one attached hydrogen (secondary N) is 2. The van der Waals surface area contributed by atoms with Crippen LogP contribution in [0.4, 0.5) is 11.6 Å². The Hall–Kier alpha value is -4.11. The standard InChI is InChI=1S/C31H32BrN5O3/c1-6-39-26-15-23(14-24(32)29(26)40-16-22-10-7-18(2)8-11-22)28-27(21(5)35-31-33-17-34-37(28)31)30(38)36-25-12-9-19(3)13-20(25)4/h7-15,17,28H,6,16H2,1-5H3,(H,36,38)(H,33,34,35). The maximum Gasteiger partial charge on any atom is 0.255 e. The third-order valence-electron chi connectivity index (χ3n) is 6.82. The lowest BCUT2D eigenvalue weighted by molar-refractivity contribution is -0.113. The van der Waals surface area contributed by atoms with Crippen molar-refractivity contribution in [1.29, 1.82) is 0 Å². The molecule has 9 heteroatoms. The Morgan fingerprint density at radius 3 is 2.50 bits per heavy atom. The number of aromatic nitrogens is 3. The van der Waals surface area contributed by atoms with E-state index in [0.29, 0.717) is 46.4 Å². The lowest BCUT2D eigenvalue weighted by Gasteiger charge is -2.29. The van der Waals surface area contributed by atoms with Crippen molar-refractivity contribution in [3.8, 4) is 11.5 Å². The lowest BCUT2D eigenvalue weighted by Crippen LogP contribution is -2.31. The third kappa shape index (κ3) is 5.60. The van der Waals surface area contributed by atoms with Gasteiger partial charge in [-0.15, -0.1) is 0 Å². The van der Waals surface area contributed by atoms with Crippen molar-refractivity contribution in [3.63, 3.8) is 0 Å². The Morgan fingerprint density at radius 1 is 1.02 bits per heavy atom. The van der Waals surface area contributed by atoms with Gasteiger partial charge < -0.3 is 20.1 Å². The first-order chi connectivity index (χ1) is 19.2. The van der Waals surface area contributed by atoms with E-state index in [2.05, 4.69) is 55.7 Å². The summed E-state index contributed by atoms with van der Waals surface area (Å²) in [5.41, 5.74) is 7.16. The number of fused-ring (bicyclic) bond motifs is 1. The van der Waals surface area contributed by atoms with Crippen molar-refractivity contribution in [3.05, 3.63) is 104 Å². The number of nitrogens with zero attached hydrogens (tertiary/aromatic N) is 3. The largest absolute Gasteiger partial charge is 0.490 e. The summed E-state index contributed by atoms with van der Waals surface area (Å²) in [7, 11) is 0. The lowest BCUT2D eigenvalue weighted by atomic mass is 9.94. The molecule has 1 unspecified atom stereocenters. The minimum atomic E-state index is -0.550. The maximum absolute atomic E-state index is 13.8. The third-order valence-corrected chi connectivity index (χ3v) is 7.41. The number of rotatable bonds is 8. The van der Waals surface area contributed by atoms with Crippen LogP contribution in [-0.2, 0) is 11.4 Å². The van der Waals surface area contributed by atoms with Crippen LogP contribution in [0, 0.1) is 20.8 Å². The second kappa shape index (κ2) is 11.6. The fourth-order valence-electron chi connectivity index (χ4n) is 4.83. The quantitative estimate of drug-likeness (QED) is 0.229. The summed E-state index contributed by atoms with van der Waals surface area (Å²) in [6, 6.07) is 17.5. The van der Waals surface area contributed by atoms with Crippen LogP contribution in [0.25, 0.3) is 0 Å². The van der Waals surface area contributed by atoms with Crippen LogP contribution in [0.15, 0.2) is 76.7 Å². The van der Waals surface area contributed by atoms with Crippen LogP contribution in [0.1, 0.15) is 47.7 Å². The van der Waals surface area contributed by atoms with Crippen LogP contribution in [0.5, 0.6) is 11.5 Å². The number of amides is 1. The van der Waals surface area contributed by atoms with Crippen LogP contribution in [-0.4, -0.2) is 27.3 Å². The minimum Gasteiger partial charge on any atom is -0.490 e. The maximum atomic E-state index is 13.8. The predicted molar refractivity (Wildman–Crippen MR) is 160 cm³/mol. The number of anilines is 2. The number of carbonyl (C=O) groups is 1. The van der Waals surface area contributed by atoms with Crippen LogP contribution in [0.3, 0.4) is 0 Å². The van der Waals surface area contributed by atoms with Gasteiger partial charge in [-0.3, -0.25) is 4.79 Å². The minimum absolute atomic E-state index is 0.225. The van der Waals surface area contributed by atoms with Gasteiger partial charge in [0.05, 0.1) is 16.7 Å². The highest BCUT2D eigenvalue weighted by Crippen LogP contribution is 2.43. The van der Waals surface area contributed by atoms with Crippen molar-refractivity contribution in [2.24, 2.45) is 0 Å². The van der Waals surface area contributed by atoms with E-state index < -0.39 is 6.04 Å². The topological polar surface area (TPSA) is 90.3 Å². The number of halogens is 1. The molecule has 0 aliphatic carbocycles. The van der Waals surface area contributed by atoms with Gasteiger partial charge in [-0.1, -0.05) is 47.5 Å². The summed E-state index contributed by atoms with van der Waals surface area (Å²) in [4.78, 5) is 18.2. The molecule has 8 nitrogen and oxygen atoms in total. The second-order valence-electron chi connectivity index (χ2n) is 9.90. The van der Waals surface area contributed by atoms with Gasteiger partial charge in [-0.25, -0.2) is 4.68 Å². The molecule has 1 aliphatic heterocycles. The Kier molecular flexibility index (Phi) is 7.93. The molecule has 0 bridgehead atoms. The fraction of sp³-hybridized carbons (Fsp3) is 0.258. The van der Waals surface area contributed by atoms with Gasteiger partial charge in [0.25, 0.3) is 5.91 Å². The van der Waals surface area contributed by atoms with E-state index >= 15 is 0 Å². The number of hydrogen-bond acceptors (Lipinski definition) is 6. The predicted octanol–water partition coefficient (Wildman–Crippen LogP) is 6.87. The summed E-state index contributed by atoms with van der Waals surface area (Å²) in [5, 5.41) is 10.8. The van der Waals surface area contributed by atoms with E-state index in [0.717, 1.165) is 27.9 Å². The number of ether oxygens (including phenoxy) is 2. The Bertz CT molecular complexity index is 1590. The molecule has 0 saturated heterocycles. The summed E-state index contributed by atoms with van der Waals surface area (Å²) >= 11 is 3.71. The monoisotopic (exact) mass is 601 g/mol. The average molecular weight is 603 g/mol. The van der Waals surface area contributed by atoms with Gasteiger partial charge >= 0.3 is 0 Å². The van der Waals surface area contributed by atoms with E-state index in [1.807, 2.05) is 70.2 Å². The average Bonchev–Trinajstić information content (AvgIpc) is 3.38. The molecule has 0 saturated carbocycles. The van der Waals surface area contributed by atoms with Gasteiger partial charge in [0.15, 0.2) is 11.5 Å². The Balaban J connectivity index is 1.53. The molecule has 1 amide bonds. The molecule has 40 heavy (non-hydrogen) atoms. The molecular formula is C31H32BrN5O3. The molecule has 1 atom stereocenters. The van der Waals surface area contributed by atoms with Crippen LogP contribution < -0.4 is 20.1 Å². The van der Waals surface area contributed by atoms with Crippen molar-refractivity contribution < 1.29 is 14.3 Å². The van der Waals surface area contributed by atoms with E-state index in [1.54, 1.807) is 4.68 Å². The van der Waals surface area contributed by atoms with Gasteiger partial charge in [-0.2, -0.15) is 10.1 Å². The van der Waals surface area contributed by atoms with E-state index in [4.69, 9.17) is 9.47 Å². The smallest absolute Gasteiger partial charge is 0.255 e. The molecule has 1 aromatic heterocycles. The van der Waals surface area contributed by atoms with Gasteiger partial charge in [0.2, 0.25) is 5.95 Å². The summed E-state index contributed by atoms with van der Waals surface area (Å²) in [6.45, 7) is 10.7. The number of hydrogen-bond donors (Lipinski definition) is 2. The van der Waals surface area contributed by atoms with Crippen molar-refractivity contribution in [2.45, 2.75) is 47.3 Å². The van der Waals surface area contributed by atoms with Crippen molar-refractivity contribution in [2.75, 3.05) is 17.2 Å². The molecule has 0 spiro atoms. The normalized spacial score (nSPS) is 14.4. The molecule has 5 rings (SSSR count). The molecule has 4 aromatic rings. The molecule has 1 aliphatic rings. The van der Waals surface area contributed by atoms with Gasteiger partial charge in [0, 0.05) is 11.4 Å². The van der Waals surface area contributed by atoms with Gasteiger partial charge in [0.1, 0.15) is 19.0 Å². The highest BCUT2D eigenvalue weighted by Gasteiger charge is 2.34. The number of carbonyl (C=O) groups excluding carboxylic acids is 1. The zero-order valence-electron chi connectivity index (χ0n) is 23.2. The molecule has 2 N–H and O–H groups in total. The van der Waals surface area contributed by atoms with Crippen molar-refractivity contribution >= 4 is 33.5 Å². The first-order valence-corrected chi connectivity index (χ1v) is 13.9. The van der Waals surface area contributed by atoms with E-state index in [9.17, 15) is 4.79 Å². The number of aryl methyl sites for hydroxylation is 3. The van der Waals surface area contributed by atoms with E-state index in [1.165, 1.54) is 11.9 Å². The van der Waals surface area contributed by atoms with Crippen LogP contribution in [0.2, 0.25) is 0 Å². The van der Waals surface area contributed by atoms with E-state index in [-0.39, 0.29) is 5.91 Å². The van der Waals surface area contributed by atoms with Gasteiger partial charge in [-0.05, 0) is 85.4 Å². The summed E-state index contributed by atoms with van der Waals surface area (Å²) < 4.78 is 14.7. The Labute approximate surface area is 242 Å². The molecule has 3 aromatic carbocycles. The number of benzene rings is 3. The second-order valence-corrected chi connectivity index (χ2v) is 10.8. The Morgan fingerprint density at radius 2 is 1.77 bits per heavy atom.